The van der Waals surface area contributed by atoms with E-state index in [0.717, 1.165) is 46.2 Å². The summed E-state index contributed by atoms with van der Waals surface area (Å²) in [7, 11) is 0. The predicted octanol–water partition coefficient (Wildman–Crippen LogP) is 7.97. The van der Waals surface area contributed by atoms with E-state index in [4.69, 9.17) is 0 Å². The van der Waals surface area contributed by atoms with Gasteiger partial charge < -0.3 is 0 Å². The van der Waals surface area contributed by atoms with Gasteiger partial charge in [0.05, 0.1) is 0 Å². The molecule has 0 fully saturated rings. The lowest BCUT2D eigenvalue weighted by Crippen LogP contribution is -2.07. The van der Waals surface area contributed by atoms with Crippen LogP contribution in [0.5, 0.6) is 0 Å². The van der Waals surface area contributed by atoms with Gasteiger partial charge in [0.15, 0.2) is 5.78 Å². The molecule has 1 aliphatic carbocycles. The molecular weight excluding hydrogens is 388 g/mol. The summed E-state index contributed by atoms with van der Waals surface area (Å²) in [5.74, 6) is 0.150. The van der Waals surface area contributed by atoms with Crippen LogP contribution in [0.2, 0.25) is 0 Å². The van der Waals surface area contributed by atoms with Crippen molar-refractivity contribution >= 4 is 5.78 Å². The average Bonchev–Trinajstić information content (AvgIpc) is 3.11. The zero-order chi connectivity index (χ0) is 22.4. The molecule has 4 aromatic carbocycles. The Morgan fingerprint density at radius 2 is 0.969 bits per heavy atom. The molecule has 158 valence electrons. The number of rotatable bonds is 4. The van der Waals surface area contributed by atoms with Crippen molar-refractivity contribution in [2.45, 2.75) is 40.5 Å². The Morgan fingerprint density at radius 1 is 0.531 bits per heavy atom. The Hall–Kier alpha value is -3.45. The van der Waals surface area contributed by atoms with E-state index in [1.165, 1.54) is 33.4 Å². The smallest absolute Gasteiger partial charge is 0.194 e. The lowest BCUT2D eigenvalue weighted by atomic mass is 9.79. The topological polar surface area (TPSA) is 17.1 Å². The van der Waals surface area contributed by atoms with Crippen LogP contribution in [0.4, 0.5) is 0 Å². The molecule has 0 spiro atoms. The molecule has 1 aliphatic rings. The van der Waals surface area contributed by atoms with Crippen molar-refractivity contribution in [3.8, 4) is 33.4 Å². The molecule has 4 aromatic rings. The number of carbonyl (C=O) groups is 1. The third kappa shape index (κ3) is 3.04. The fourth-order valence-electron chi connectivity index (χ4n) is 5.24. The molecule has 0 atom stereocenters. The summed E-state index contributed by atoms with van der Waals surface area (Å²) < 4.78 is 0. The molecule has 1 nitrogen and oxygen atoms in total. The van der Waals surface area contributed by atoms with E-state index in [1.807, 2.05) is 18.2 Å². The minimum atomic E-state index is 0.150. The fourth-order valence-corrected chi connectivity index (χ4v) is 5.24. The summed E-state index contributed by atoms with van der Waals surface area (Å²) in [6.45, 7) is 8.67. The van der Waals surface area contributed by atoms with Crippen LogP contribution in [0.15, 0.2) is 72.8 Å². The number of ketones is 1. The molecule has 0 bridgehead atoms. The Morgan fingerprint density at radius 3 is 1.44 bits per heavy atom. The van der Waals surface area contributed by atoms with Gasteiger partial charge in [-0.25, -0.2) is 0 Å². The van der Waals surface area contributed by atoms with Crippen molar-refractivity contribution in [1.82, 2.24) is 0 Å². The molecule has 0 saturated heterocycles. The lowest BCUT2D eigenvalue weighted by Gasteiger charge is -2.23. The first-order valence-corrected chi connectivity index (χ1v) is 11.5. The Labute approximate surface area is 190 Å². The second-order valence-electron chi connectivity index (χ2n) is 8.77. The Balaban J connectivity index is 1.97. The molecule has 0 heterocycles. The monoisotopic (exact) mass is 416 g/mol. The second kappa shape index (κ2) is 7.91. The van der Waals surface area contributed by atoms with Gasteiger partial charge in [0.2, 0.25) is 0 Å². The maximum Gasteiger partial charge on any atom is 0.194 e. The van der Waals surface area contributed by atoms with Crippen LogP contribution < -0.4 is 0 Å². The first-order valence-electron chi connectivity index (χ1n) is 11.5. The number of fused-ring (bicyclic) bond motifs is 3. The molecule has 0 radical (unpaired) electrons. The lowest BCUT2D eigenvalue weighted by molar-refractivity contribution is 0.104. The molecule has 1 heteroatoms. The van der Waals surface area contributed by atoms with E-state index in [0.29, 0.717) is 0 Å². The molecule has 5 rings (SSSR count). The Bertz CT molecular complexity index is 1340. The summed E-state index contributed by atoms with van der Waals surface area (Å²) in [5.41, 5.74) is 13.7. The largest absolute Gasteiger partial charge is 0.289 e. The van der Waals surface area contributed by atoms with Crippen molar-refractivity contribution < 1.29 is 4.79 Å². The fraction of sp³-hybridized carbons (Fsp3) is 0.194. The average molecular weight is 417 g/mol. The van der Waals surface area contributed by atoms with Gasteiger partial charge in [-0.3, -0.25) is 4.79 Å². The third-order valence-electron chi connectivity index (χ3n) is 6.77. The quantitative estimate of drug-likeness (QED) is 0.290. The van der Waals surface area contributed by atoms with E-state index >= 15 is 0 Å². The predicted molar refractivity (Wildman–Crippen MR) is 134 cm³/mol. The first kappa shape index (κ1) is 20.5. The van der Waals surface area contributed by atoms with Crippen LogP contribution >= 0.6 is 0 Å². The first-order chi connectivity index (χ1) is 15.5. The van der Waals surface area contributed by atoms with Crippen LogP contribution in [-0.4, -0.2) is 5.78 Å². The van der Waals surface area contributed by atoms with Gasteiger partial charge in [-0.1, -0.05) is 97.8 Å². The zero-order valence-corrected chi connectivity index (χ0v) is 19.3. The minimum Gasteiger partial charge on any atom is -0.289 e. The summed E-state index contributed by atoms with van der Waals surface area (Å²) in [5, 5.41) is 0. The van der Waals surface area contributed by atoms with Gasteiger partial charge in [0.25, 0.3) is 0 Å². The van der Waals surface area contributed by atoms with Crippen molar-refractivity contribution in [1.29, 1.82) is 0 Å². The standard InChI is InChI=1S/C31H28O/c1-5-23-24(6-2)28(22-17-13-20(4)14-18-22)30-29(25-9-7-8-10-26(25)31(30)32)27(23)21-15-11-19(3)12-16-21/h7-18H,5-6H2,1-4H3. The van der Waals surface area contributed by atoms with E-state index < -0.39 is 0 Å². The molecule has 0 unspecified atom stereocenters. The van der Waals surface area contributed by atoms with E-state index in [2.05, 4.69) is 82.3 Å². The summed E-state index contributed by atoms with van der Waals surface area (Å²) >= 11 is 0. The van der Waals surface area contributed by atoms with Gasteiger partial charge in [-0.05, 0) is 65.6 Å². The number of benzene rings is 4. The molecule has 0 saturated carbocycles. The molecule has 32 heavy (non-hydrogen) atoms. The number of hydrogen-bond donors (Lipinski definition) is 0. The van der Waals surface area contributed by atoms with E-state index in [9.17, 15) is 4.79 Å². The van der Waals surface area contributed by atoms with Gasteiger partial charge in [-0.2, -0.15) is 0 Å². The van der Waals surface area contributed by atoms with Gasteiger partial charge in [0, 0.05) is 16.7 Å². The summed E-state index contributed by atoms with van der Waals surface area (Å²) in [6, 6.07) is 25.5. The van der Waals surface area contributed by atoms with Crippen molar-refractivity contribution in [3.63, 3.8) is 0 Å². The maximum atomic E-state index is 13.9. The van der Waals surface area contributed by atoms with Crippen LogP contribution in [0.3, 0.4) is 0 Å². The van der Waals surface area contributed by atoms with Crippen LogP contribution in [0, 0.1) is 13.8 Å². The van der Waals surface area contributed by atoms with Crippen LogP contribution in [0.25, 0.3) is 33.4 Å². The number of carbonyl (C=O) groups excluding carboxylic acids is 1. The van der Waals surface area contributed by atoms with Gasteiger partial charge in [-0.15, -0.1) is 0 Å². The highest BCUT2D eigenvalue weighted by Gasteiger charge is 2.35. The molecule has 0 N–H and O–H groups in total. The summed E-state index contributed by atoms with van der Waals surface area (Å²) in [4.78, 5) is 13.9. The molecular formula is C31H28O. The second-order valence-corrected chi connectivity index (χ2v) is 8.77. The van der Waals surface area contributed by atoms with Crippen molar-refractivity contribution in [2.75, 3.05) is 0 Å². The highest BCUT2D eigenvalue weighted by molar-refractivity contribution is 6.27. The van der Waals surface area contributed by atoms with Crippen molar-refractivity contribution in [2.24, 2.45) is 0 Å². The van der Waals surface area contributed by atoms with Crippen LogP contribution in [-0.2, 0) is 12.8 Å². The van der Waals surface area contributed by atoms with Gasteiger partial charge >= 0.3 is 0 Å². The Kier molecular flexibility index (Phi) is 5.06. The van der Waals surface area contributed by atoms with E-state index in [1.54, 1.807) is 0 Å². The third-order valence-corrected chi connectivity index (χ3v) is 6.77. The number of hydrogen-bond acceptors (Lipinski definition) is 1. The highest BCUT2D eigenvalue weighted by atomic mass is 16.1. The van der Waals surface area contributed by atoms with E-state index in [-0.39, 0.29) is 5.78 Å². The number of aryl methyl sites for hydroxylation is 2. The highest BCUT2D eigenvalue weighted by Crippen LogP contribution is 2.50. The normalized spacial score (nSPS) is 12.1. The molecule has 0 aromatic heterocycles. The van der Waals surface area contributed by atoms with Crippen LogP contribution in [0.1, 0.15) is 52.0 Å². The van der Waals surface area contributed by atoms with Crippen molar-refractivity contribution in [3.05, 3.63) is 106 Å². The molecule has 0 amide bonds. The molecule has 0 aliphatic heterocycles. The maximum absolute atomic E-state index is 13.9. The SMILES string of the molecule is CCc1c(CC)c(-c2ccc(C)cc2)c2c(c1-c1ccc(C)cc1)C(=O)c1ccccc1-2. The summed E-state index contributed by atoms with van der Waals surface area (Å²) in [6.07, 6.45) is 1.82. The zero-order valence-electron chi connectivity index (χ0n) is 19.3. The minimum absolute atomic E-state index is 0.150. The van der Waals surface area contributed by atoms with Gasteiger partial charge in [0.1, 0.15) is 0 Å².